The summed E-state index contributed by atoms with van der Waals surface area (Å²) in [6.45, 7) is 8.72. The van der Waals surface area contributed by atoms with E-state index in [9.17, 15) is 0 Å². The minimum atomic E-state index is 0.672. The molecule has 0 saturated carbocycles. The van der Waals surface area contributed by atoms with Crippen LogP contribution in [0.4, 0.5) is 0 Å². The largest absolute Gasteiger partial charge is 0.0916 e. The highest BCUT2D eigenvalue weighted by molar-refractivity contribution is 5.02. The van der Waals surface area contributed by atoms with Crippen molar-refractivity contribution in [1.29, 1.82) is 0 Å². The Bertz CT molecular complexity index is 151. The Morgan fingerprint density at radius 3 is 2.50 bits per heavy atom. The summed E-state index contributed by atoms with van der Waals surface area (Å²) in [5.74, 6) is 0.672. The van der Waals surface area contributed by atoms with Crippen molar-refractivity contribution in [3.63, 3.8) is 0 Å². The summed E-state index contributed by atoms with van der Waals surface area (Å²) in [6.07, 6.45) is 11.1. The lowest BCUT2D eigenvalue weighted by Crippen LogP contribution is -1.97. The van der Waals surface area contributed by atoms with E-state index in [1.165, 1.54) is 5.57 Å². The first-order chi connectivity index (χ1) is 5.76. The quantitative estimate of drug-likeness (QED) is 0.537. The Kier molecular flexibility index (Phi) is 6.84. The maximum absolute atomic E-state index is 3.42. The van der Waals surface area contributed by atoms with Crippen molar-refractivity contribution in [3.8, 4) is 0 Å². The van der Waals surface area contributed by atoms with E-state index in [-0.39, 0.29) is 0 Å². The molecule has 0 aliphatic carbocycles. The first-order valence-electron chi connectivity index (χ1n) is 4.96. The minimum Gasteiger partial charge on any atom is -0.0916 e. The molecule has 1 atom stereocenters. The standard InChI is InChI=1S/C12H21/c1-5-8-10-11(4)12(7-3)9-6-2/h5,8,11H,6-7,10H2,1-4H3. The van der Waals surface area contributed by atoms with E-state index in [0.717, 1.165) is 19.3 Å². The highest BCUT2D eigenvalue weighted by Gasteiger charge is 2.03. The number of hydrogen-bond donors (Lipinski definition) is 0. The van der Waals surface area contributed by atoms with E-state index < -0.39 is 0 Å². The summed E-state index contributed by atoms with van der Waals surface area (Å²) in [5, 5.41) is 0. The molecule has 12 heavy (non-hydrogen) atoms. The topological polar surface area (TPSA) is 0 Å². The summed E-state index contributed by atoms with van der Waals surface area (Å²) in [7, 11) is 0. The van der Waals surface area contributed by atoms with Gasteiger partial charge in [-0.3, -0.25) is 0 Å². The van der Waals surface area contributed by atoms with Crippen LogP contribution in [0.5, 0.6) is 0 Å². The molecule has 1 radical (unpaired) electrons. The Morgan fingerprint density at radius 2 is 2.08 bits per heavy atom. The Morgan fingerprint density at radius 1 is 1.42 bits per heavy atom. The zero-order chi connectivity index (χ0) is 9.40. The van der Waals surface area contributed by atoms with Gasteiger partial charge in [0.1, 0.15) is 0 Å². The monoisotopic (exact) mass is 165 g/mol. The molecule has 0 fully saturated rings. The summed E-state index contributed by atoms with van der Waals surface area (Å²) in [6, 6.07) is 0. The molecule has 0 rings (SSSR count). The van der Waals surface area contributed by atoms with Crippen LogP contribution in [0.15, 0.2) is 17.7 Å². The van der Waals surface area contributed by atoms with Crippen molar-refractivity contribution >= 4 is 0 Å². The molecule has 0 amide bonds. The van der Waals surface area contributed by atoms with Crippen molar-refractivity contribution in [2.75, 3.05) is 0 Å². The maximum Gasteiger partial charge on any atom is -0.0191 e. The lowest BCUT2D eigenvalue weighted by Gasteiger charge is -2.11. The van der Waals surface area contributed by atoms with Gasteiger partial charge in [-0.15, -0.1) is 0 Å². The van der Waals surface area contributed by atoms with Crippen LogP contribution in [0.2, 0.25) is 0 Å². The summed E-state index contributed by atoms with van der Waals surface area (Å²) in [5.41, 5.74) is 1.48. The first-order valence-corrected chi connectivity index (χ1v) is 4.96. The van der Waals surface area contributed by atoms with Gasteiger partial charge in [-0.25, -0.2) is 0 Å². The second-order valence-corrected chi connectivity index (χ2v) is 3.11. The van der Waals surface area contributed by atoms with Crippen LogP contribution in [0, 0.1) is 12.0 Å². The van der Waals surface area contributed by atoms with Crippen LogP contribution in [0.3, 0.4) is 0 Å². The van der Waals surface area contributed by atoms with Gasteiger partial charge in [0.25, 0.3) is 0 Å². The molecule has 0 heteroatoms. The van der Waals surface area contributed by atoms with Gasteiger partial charge in [-0.1, -0.05) is 38.5 Å². The van der Waals surface area contributed by atoms with Crippen LogP contribution >= 0.6 is 0 Å². The predicted molar refractivity (Wildman–Crippen MR) is 55.9 cm³/mol. The number of rotatable bonds is 5. The smallest absolute Gasteiger partial charge is 0.0191 e. The fourth-order valence-corrected chi connectivity index (χ4v) is 1.36. The highest BCUT2D eigenvalue weighted by Crippen LogP contribution is 2.18. The molecule has 0 saturated heterocycles. The first kappa shape index (κ1) is 11.5. The van der Waals surface area contributed by atoms with Crippen LogP contribution in [-0.4, -0.2) is 0 Å². The van der Waals surface area contributed by atoms with Gasteiger partial charge < -0.3 is 0 Å². The maximum atomic E-state index is 3.42. The van der Waals surface area contributed by atoms with Gasteiger partial charge in [-0.05, 0) is 38.2 Å². The zero-order valence-electron chi connectivity index (χ0n) is 8.85. The van der Waals surface area contributed by atoms with Crippen molar-refractivity contribution in [2.24, 2.45) is 5.92 Å². The van der Waals surface area contributed by atoms with E-state index in [0.29, 0.717) is 5.92 Å². The third-order valence-electron chi connectivity index (χ3n) is 2.10. The van der Waals surface area contributed by atoms with E-state index in [1.54, 1.807) is 0 Å². The molecule has 0 bridgehead atoms. The molecular formula is C12H21. The van der Waals surface area contributed by atoms with Crippen molar-refractivity contribution in [2.45, 2.75) is 47.0 Å². The third kappa shape index (κ3) is 4.38. The lowest BCUT2D eigenvalue weighted by atomic mass is 9.94. The average Bonchev–Trinajstić information content (AvgIpc) is 2.10. The van der Waals surface area contributed by atoms with Gasteiger partial charge >= 0.3 is 0 Å². The molecule has 69 valence electrons. The lowest BCUT2D eigenvalue weighted by molar-refractivity contribution is 0.659. The van der Waals surface area contributed by atoms with Gasteiger partial charge in [-0.2, -0.15) is 0 Å². The van der Waals surface area contributed by atoms with Crippen LogP contribution < -0.4 is 0 Å². The normalized spacial score (nSPS) is 15.5. The van der Waals surface area contributed by atoms with Crippen LogP contribution in [0.1, 0.15) is 47.0 Å². The molecule has 0 heterocycles. The molecule has 0 aliphatic heterocycles. The van der Waals surface area contributed by atoms with Crippen molar-refractivity contribution < 1.29 is 0 Å². The molecular weight excluding hydrogens is 144 g/mol. The number of allylic oxidation sites excluding steroid dienone is 4. The molecule has 0 nitrogen and oxygen atoms in total. The molecule has 0 spiro atoms. The third-order valence-corrected chi connectivity index (χ3v) is 2.10. The van der Waals surface area contributed by atoms with E-state index in [2.05, 4.69) is 45.9 Å². The zero-order valence-corrected chi connectivity index (χ0v) is 8.85. The molecule has 0 N–H and O–H groups in total. The Hall–Kier alpha value is -0.520. The molecule has 0 aromatic carbocycles. The Labute approximate surface area is 77.4 Å². The fourth-order valence-electron chi connectivity index (χ4n) is 1.36. The van der Waals surface area contributed by atoms with E-state index >= 15 is 0 Å². The minimum absolute atomic E-state index is 0.672. The molecule has 0 aromatic heterocycles. The van der Waals surface area contributed by atoms with Crippen molar-refractivity contribution in [3.05, 3.63) is 23.8 Å². The molecule has 1 unspecified atom stereocenters. The predicted octanol–water partition coefficient (Wildman–Crippen LogP) is 4.14. The SMILES string of the molecule is CC=CCC(C)C(=[C]CC)CC. The van der Waals surface area contributed by atoms with Gasteiger partial charge in [0, 0.05) is 0 Å². The highest BCUT2D eigenvalue weighted by atomic mass is 14.1. The Balaban J connectivity index is 4.02. The van der Waals surface area contributed by atoms with Gasteiger partial charge in [0.15, 0.2) is 0 Å². The van der Waals surface area contributed by atoms with E-state index in [4.69, 9.17) is 0 Å². The van der Waals surface area contributed by atoms with Crippen molar-refractivity contribution in [1.82, 2.24) is 0 Å². The molecule has 0 aliphatic rings. The van der Waals surface area contributed by atoms with Gasteiger partial charge in [0.05, 0.1) is 0 Å². The summed E-state index contributed by atoms with van der Waals surface area (Å²) in [4.78, 5) is 0. The van der Waals surface area contributed by atoms with E-state index in [1.807, 2.05) is 0 Å². The van der Waals surface area contributed by atoms with Crippen LogP contribution in [-0.2, 0) is 0 Å². The second kappa shape index (κ2) is 7.15. The second-order valence-electron chi connectivity index (χ2n) is 3.11. The summed E-state index contributed by atoms with van der Waals surface area (Å²) >= 11 is 0. The van der Waals surface area contributed by atoms with Gasteiger partial charge in [0.2, 0.25) is 0 Å². The fraction of sp³-hybridized carbons (Fsp3) is 0.667. The van der Waals surface area contributed by atoms with Crippen LogP contribution in [0.25, 0.3) is 0 Å². The molecule has 0 aromatic rings. The average molecular weight is 165 g/mol. The number of hydrogen-bond acceptors (Lipinski definition) is 0. The summed E-state index contributed by atoms with van der Waals surface area (Å²) < 4.78 is 0.